The zero-order chi connectivity index (χ0) is 8.43. The SMILES string of the molecule is COC1=[N+](C)N=C(C(C)C)C1. The second kappa shape index (κ2) is 3.03. The fraction of sp³-hybridized carbons (Fsp3) is 0.750. The Labute approximate surface area is 67.4 Å². The summed E-state index contributed by atoms with van der Waals surface area (Å²) < 4.78 is 6.93. The van der Waals surface area contributed by atoms with Gasteiger partial charge in [0.15, 0.2) is 7.05 Å². The number of ether oxygens (including phenoxy) is 1. The first-order chi connectivity index (χ1) is 5.15. The fourth-order valence-electron chi connectivity index (χ4n) is 1.08. The summed E-state index contributed by atoms with van der Waals surface area (Å²) in [7, 11) is 3.60. The monoisotopic (exact) mass is 155 g/mol. The van der Waals surface area contributed by atoms with E-state index in [0.717, 1.165) is 12.3 Å². The third-order valence-corrected chi connectivity index (χ3v) is 1.87. The molecule has 0 N–H and O–H groups in total. The molecule has 3 heteroatoms. The lowest BCUT2D eigenvalue weighted by Gasteiger charge is -1.97. The standard InChI is InChI=1S/C8H15N2O/c1-6(2)7-5-8(11-4)10(3)9-7/h6H,5H2,1-4H3/q+1. The number of hydrogen-bond acceptors (Lipinski definition) is 2. The third kappa shape index (κ3) is 1.59. The minimum absolute atomic E-state index is 0.519. The molecule has 0 radical (unpaired) electrons. The molecule has 0 amide bonds. The van der Waals surface area contributed by atoms with Gasteiger partial charge in [0.1, 0.15) is 12.1 Å². The van der Waals surface area contributed by atoms with Crippen molar-refractivity contribution in [3.63, 3.8) is 0 Å². The summed E-state index contributed by atoms with van der Waals surface area (Å²) in [6, 6.07) is 0. The van der Waals surface area contributed by atoms with E-state index in [1.54, 1.807) is 11.8 Å². The van der Waals surface area contributed by atoms with Crippen LogP contribution in [0, 0.1) is 5.92 Å². The number of hydrazone groups is 1. The van der Waals surface area contributed by atoms with Crippen LogP contribution in [0.1, 0.15) is 20.3 Å². The Morgan fingerprint density at radius 1 is 1.55 bits per heavy atom. The van der Waals surface area contributed by atoms with Crippen molar-refractivity contribution in [3.8, 4) is 0 Å². The van der Waals surface area contributed by atoms with Crippen LogP contribution in [0.5, 0.6) is 0 Å². The quantitative estimate of drug-likeness (QED) is 0.520. The molecule has 0 saturated carbocycles. The minimum atomic E-state index is 0.519. The van der Waals surface area contributed by atoms with Gasteiger partial charge in [0.05, 0.1) is 7.11 Å². The lowest BCUT2D eigenvalue weighted by molar-refractivity contribution is -0.508. The smallest absolute Gasteiger partial charge is 0.372 e. The van der Waals surface area contributed by atoms with Gasteiger partial charge in [-0.25, -0.2) is 0 Å². The van der Waals surface area contributed by atoms with Crippen molar-refractivity contribution in [3.05, 3.63) is 0 Å². The van der Waals surface area contributed by atoms with Crippen LogP contribution in [0.4, 0.5) is 0 Å². The molecule has 0 fully saturated rings. The third-order valence-electron chi connectivity index (χ3n) is 1.87. The maximum atomic E-state index is 5.13. The molecule has 62 valence electrons. The molecule has 0 atom stereocenters. The highest BCUT2D eigenvalue weighted by Gasteiger charge is 2.25. The van der Waals surface area contributed by atoms with E-state index in [0.29, 0.717) is 5.92 Å². The molecule has 1 aliphatic heterocycles. The normalized spacial score (nSPS) is 17.7. The predicted octanol–water partition coefficient (Wildman–Crippen LogP) is 1.09. The van der Waals surface area contributed by atoms with Gasteiger partial charge in [-0.2, -0.15) is 0 Å². The van der Waals surface area contributed by atoms with E-state index in [2.05, 4.69) is 18.9 Å². The van der Waals surface area contributed by atoms with Crippen molar-refractivity contribution in [1.29, 1.82) is 0 Å². The van der Waals surface area contributed by atoms with Crippen molar-refractivity contribution >= 4 is 11.6 Å². The Bertz CT molecular complexity index is 216. The molecule has 0 aliphatic carbocycles. The molecular formula is C8H15N2O+. The summed E-state index contributed by atoms with van der Waals surface area (Å²) in [6.45, 7) is 4.29. The maximum absolute atomic E-state index is 5.13. The molecule has 0 unspecified atom stereocenters. The highest BCUT2D eigenvalue weighted by atomic mass is 16.5. The summed E-state index contributed by atoms with van der Waals surface area (Å²) in [5.74, 6) is 1.46. The molecule has 11 heavy (non-hydrogen) atoms. The van der Waals surface area contributed by atoms with E-state index in [-0.39, 0.29) is 0 Å². The molecule has 0 saturated heterocycles. The summed E-state index contributed by atoms with van der Waals surface area (Å²) in [4.78, 5) is 0. The van der Waals surface area contributed by atoms with E-state index in [1.807, 2.05) is 7.05 Å². The van der Waals surface area contributed by atoms with E-state index in [1.165, 1.54) is 5.71 Å². The fourth-order valence-corrected chi connectivity index (χ4v) is 1.08. The number of methoxy groups -OCH3 is 1. The van der Waals surface area contributed by atoms with Crippen LogP contribution in [-0.2, 0) is 4.74 Å². The highest BCUT2D eigenvalue weighted by molar-refractivity contribution is 6.01. The Balaban J connectivity index is 2.68. The van der Waals surface area contributed by atoms with Gasteiger partial charge in [0.2, 0.25) is 0 Å². The van der Waals surface area contributed by atoms with E-state index in [9.17, 15) is 0 Å². The van der Waals surface area contributed by atoms with Gasteiger partial charge < -0.3 is 4.74 Å². The first-order valence-electron chi connectivity index (χ1n) is 3.86. The summed E-state index contributed by atoms with van der Waals surface area (Å²) in [5, 5.41) is 4.33. The first-order valence-corrected chi connectivity index (χ1v) is 3.86. The van der Waals surface area contributed by atoms with E-state index >= 15 is 0 Å². The largest absolute Gasteiger partial charge is 0.449 e. The second-order valence-corrected chi connectivity index (χ2v) is 3.04. The van der Waals surface area contributed by atoms with E-state index < -0.39 is 0 Å². The van der Waals surface area contributed by atoms with Gasteiger partial charge in [0, 0.05) is 0 Å². The van der Waals surface area contributed by atoms with Crippen molar-refractivity contribution in [2.45, 2.75) is 20.3 Å². The molecular weight excluding hydrogens is 140 g/mol. The predicted molar refractivity (Wildman–Crippen MR) is 45.1 cm³/mol. The van der Waals surface area contributed by atoms with Gasteiger partial charge in [-0.15, -0.1) is 0 Å². The topological polar surface area (TPSA) is 24.6 Å². The molecule has 0 aromatic heterocycles. The molecule has 1 rings (SSSR count). The Kier molecular flexibility index (Phi) is 2.27. The van der Waals surface area contributed by atoms with Crippen LogP contribution in [0.2, 0.25) is 0 Å². The average molecular weight is 155 g/mol. The van der Waals surface area contributed by atoms with Crippen LogP contribution in [-0.4, -0.2) is 30.5 Å². The zero-order valence-electron chi connectivity index (χ0n) is 7.59. The van der Waals surface area contributed by atoms with Gasteiger partial charge in [-0.05, 0) is 11.0 Å². The summed E-state index contributed by atoms with van der Waals surface area (Å²) in [6.07, 6.45) is 0.866. The van der Waals surface area contributed by atoms with Gasteiger partial charge >= 0.3 is 5.90 Å². The molecule has 0 spiro atoms. The molecule has 0 aromatic rings. The number of hydrogen-bond donors (Lipinski definition) is 0. The second-order valence-electron chi connectivity index (χ2n) is 3.04. The van der Waals surface area contributed by atoms with Crippen molar-refractivity contribution in [1.82, 2.24) is 0 Å². The molecule has 3 nitrogen and oxygen atoms in total. The van der Waals surface area contributed by atoms with Crippen LogP contribution in [0.15, 0.2) is 5.10 Å². The Morgan fingerprint density at radius 3 is 2.45 bits per heavy atom. The van der Waals surface area contributed by atoms with Crippen molar-refractivity contribution in [2.24, 2.45) is 11.0 Å². The summed E-state index contributed by atoms with van der Waals surface area (Å²) >= 11 is 0. The maximum Gasteiger partial charge on any atom is 0.372 e. The summed E-state index contributed by atoms with van der Waals surface area (Å²) in [5.41, 5.74) is 1.20. The van der Waals surface area contributed by atoms with Gasteiger partial charge in [-0.1, -0.05) is 18.5 Å². The van der Waals surface area contributed by atoms with Crippen molar-refractivity contribution in [2.75, 3.05) is 14.2 Å². The van der Waals surface area contributed by atoms with Crippen LogP contribution >= 0.6 is 0 Å². The van der Waals surface area contributed by atoms with Crippen LogP contribution in [0.3, 0.4) is 0 Å². The number of nitrogens with zero attached hydrogens (tertiary/aromatic N) is 2. The number of rotatable bonds is 1. The van der Waals surface area contributed by atoms with Gasteiger partial charge in [0.25, 0.3) is 0 Å². The van der Waals surface area contributed by atoms with Crippen LogP contribution in [0.25, 0.3) is 0 Å². The zero-order valence-corrected chi connectivity index (χ0v) is 7.59. The Morgan fingerprint density at radius 2 is 2.18 bits per heavy atom. The van der Waals surface area contributed by atoms with Gasteiger partial charge in [-0.3, -0.25) is 0 Å². The molecule has 1 heterocycles. The minimum Gasteiger partial charge on any atom is -0.449 e. The van der Waals surface area contributed by atoms with Crippen molar-refractivity contribution < 1.29 is 9.42 Å². The highest BCUT2D eigenvalue weighted by Crippen LogP contribution is 2.09. The lowest BCUT2D eigenvalue weighted by Crippen LogP contribution is -2.11. The first kappa shape index (κ1) is 8.24. The molecule has 0 bridgehead atoms. The Hall–Kier alpha value is -0.860. The molecule has 1 aliphatic rings. The van der Waals surface area contributed by atoms with E-state index in [4.69, 9.17) is 4.74 Å². The lowest BCUT2D eigenvalue weighted by atomic mass is 10.1. The average Bonchev–Trinajstić information content (AvgIpc) is 2.31. The van der Waals surface area contributed by atoms with Crippen LogP contribution < -0.4 is 0 Å². The molecule has 0 aromatic carbocycles.